The van der Waals surface area contributed by atoms with E-state index in [1.807, 2.05) is 18.3 Å². The normalized spacial score (nSPS) is 10.2. The summed E-state index contributed by atoms with van der Waals surface area (Å²) in [6.45, 7) is 2.23. The van der Waals surface area contributed by atoms with Crippen molar-refractivity contribution in [1.29, 1.82) is 0 Å². The molecule has 0 atom stereocenters. The first-order chi connectivity index (χ1) is 9.40. The van der Waals surface area contributed by atoms with E-state index >= 15 is 0 Å². The van der Waals surface area contributed by atoms with Crippen molar-refractivity contribution in [2.24, 2.45) is 0 Å². The summed E-state index contributed by atoms with van der Waals surface area (Å²) in [4.78, 5) is 7.24. The monoisotopic (exact) mass is 256 g/mol. The van der Waals surface area contributed by atoms with Crippen molar-refractivity contribution in [2.45, 2.75) is 32.6 Å². The van der Waals surface area contributed by atoms with Crippen molar-refractivity contribution >= 4 is 11.0 Å². The summed E-state index contributed by atoms with van der Waals surface area (Å²) in [7, 11) is 0. The van der Waals surface area contributed by atoms with Crippen LogP contribution in [0, 0.1) is 0 Å². The summed E-state index contributed by atoms with van der Waals surface area (Å²) < 4.78 is 0. The van der Waals surface area contributed by atoms with Crippen molar-refractivity contribution in [3.63, 3.8) is 0 Å². The SMILES string of the molecule is CCCCCc1ccc[nH]1.c1cnc2cn[nH]c2c1. The number of fused-ring (bicyclic) bond motifs is 1. The summed E-state index contributed by atoms with van der Waals surface area (Å²) in [6, 6.07) is 8.02. The molecule has 19 heavy (non-hydrogen) atoms. The molecule has 0 aliphatic carbocycles. The molecular formula is C15H20N4. The number of nitrogens with one attached hydrogen (secondary N) is 2. The summed E-state index contributed by atoms with van der Waals surface area (Å²) in [5.74, 6) is 0. The number of nitrogens with zero attached hydrogens (tertiary/aromatic N) is 2. The Labute approximate surface area is 113 Å². The van der Waals surface area contributed by atoms with Gasteiger partial charge in [-0.15, -0.1) is 0 Å². The van der Waals surface area contributed by atoms with Gasteiger partial charge >= 0.3 is 0 Å². The zero-order chi connectivity index (χ0) is 13.3. The average Bonchev–Trinajstić information content (AvgIpc) is 3.11. The first kappa shape index (κ1) is 13.3. The van der Waals surface area contributed by atoms with E-state index in [-0.39, 0.29) is 0 Å². The van der Waals surface area contributed by atoms with Crippen molar-refractivity contribution in [1.82, 2.24) is 20.2 Å². The molecule has 0 amide bonds. The van der Waals surface area contributed by atoms with E-state index < -0.39 is 0 Å². The molecule has 0 aliphatic heterocycles. The number of aromatic amines is 2. The first-order valence-corrected chi connectivity index (χ1v) is 6.76. The van der Waals surface area contributed by atoms with Gasteiger partial charge in [0.05, 0.1) is 11.7 Å². The molecule has 0 bridgehead atoms. The van der Waals surface area contributed by atoms with Gasteiger partial charge in [-0.05, 0) is 37.1 Å². The molecule has 0 spiro atoms. The van der Waals surface area contributed by atoms with Gasteiger partial charge in [0.25, 0.3) is 0 Å². The molecule has 0 unspecified atom stereocenters. The molecular weight excluding hydrogens is 236 g/mol. The minimum atomic E-state index is 0.914. The maximum atomic E-state index is 4.05. The highest BCUT2D eigenvalue weighted by Gasteiger charge is 1.90. The highest BCUT2D eigenvalue weighted by Crippen LogP contribution is 2.03. The van der Waals surface area contributed by atoms with Crippen LogP contribution in [0.5, 0.6) is 0 Å². The smallest absolute Gasteiger partial charge is 0.108 e. The molecule has 4 nitrogen and oxygen atoms in total. The van der Waals surface area contributed by atoms with Crippen LogP contribution in [0.15, 0.2) is 42.9 Å². The van der Waals surface area contributed by atoms with Gasteiger partial charge in [-0.3, -0.25) is 10.1 Å². The number of hydrogen-bond donors (Lipinski definition) is 2. The molecule has 3 aromatic rings. The number of aromatic nitrogens is 4. The molecule has 0 radical (unpaired) electrons. The van der Waals surface area contributed by atoms with Gasteiger partial charge in [-0.1, -0.05) is 19.8 Å². The molecule has 3 aromatic heterocycles. The molecule has 0 saturated heterocycles. The van der Waals surface area contributed by atoms with Gasteiger partial charge in [0.15, 0.2) is 0 Å². The maximum absolute atomic E-state index is 4.05. The second-order valence-electron chi connectivity index (χ2n) is 4.46. The molecule has 0 fully saturated rings. The molecule has 2 N–H and O–H groups in total. The third-order valence-electron chi connectivity index (χ3n) is 2.92. The van der Waals surface area contributed by atoms with Crippen LogP contribution in [0.2, 0.25) is 0 Å². The number of H-pyrrole nitrogens is 2. The van der Waals surface area contributed by atoms with Crippen LogP contribution in [-0.2, 0) is 6.42 Å². The second-order valence-corrected chi connectivity index (χ2v) is 4.46. The van der Waals surface area contributed by atoms with E-state index in [9.17, 15) is 0 Å². The largest absolute Gasteiger partial charge is 0.365 e. The fourth-order valence-electron chi connectivity index (χ4n) is 1.87. The number of rotatable bonds is 4. The molecule has 3 rings (SSSR count). The fourth-order valence-corrected chi connectivity index (χ4v) is 1.87. The molecule has 0 saturated carbocycles. The molecule has 4 heteroatoms. The minimum absolute atomic E-state index is 0.914. The van der Waals surface area contributed by atoms with Crippen LogP contribution in [-0.4, -0.2) is 20.2 Å². The average molecular weight is 256 g/mol. The lowest BCUT2D eigenvalue weighted by atomic mass is 10.2. The quantitative estimate of drug-likeness (QED) is 0.699. The summed E-state index contributed by atoms with van der Waals surface area (Å²) in [6.07, 6.45) is 10.6. The Balaban J connectivity index is 0.000000141. The zero-order valence-corrected chi connectivity index (χ0v) is 11.3. The number of hydrogen-bond acceptors (Lipinski definition) is 2. The van der Waals surface area contributed by atoms with Crippen molar-refractivity contribution in [3.8, 4) is 0 Å². The van der Waals surface area contributed by atoms with E-state index in [1.165, 1.54) is 31.4 Å². The van der Waals surface area contributed by atoms with Gasteiger partial charge in [0, 0.05) is 18.1 Å². The van der Waals surface area contributed by atoms with E-state index in [4.69, 9.17) is 0 Å². The Morgan fingerprint density at radius 1 is 1.16 bits per heavy atom. The molecule has 0 aromatic carbocycles. The second kappa shape index (κ2) is 7.36. The number of pyridine rings is 1. The number of unbranched alkanes of at least 4 members (excludes halogenated alkanes) is 2. The fraction of sp³-hybridized carbons (Fsp3) is 0.333. The molecule has 100 valence electrons. The number of aryl methyl sites for hydroxylation is 1. The van der Waals surface area contributed by atoms with Crippen LogP contribution >= 0.6 is 0 Å². The third-order valence-corrected chi connectivity index (χ3v) is 2.92. The molecule has 0 aliphatic rings. The van der Waals surface area contributed by atoms with E-state index in [0.29, 0.717) is 0 Å². The molecule has 3 heterocycles. The van der Waals surface area contributed by atoms with Crippen molar-refractivity contribution < 1.29 is 0 Å². The standard InChI is InChI=1S/C9H15N.C6H5N3/c1-2-3-4-6-9-7-5-8-10-9;1-2-5-6(7-3-1)4-8-9-5/h5,7-8,10H,2-4,6H2,1H3;1-4H,(H,8,9). The van der Waals surface area contributed by atoms with E-state index in [0.717, 1.165) is 11.0 Å². The predicted octanol–water partition coefficient (Wildman–Crippen LogP) is 3.71. The zero-order valence-electron chi connectivity index (χ0n) is 11.3. The Morgan fingerprint density at radius 3 is 2.84 bits per heavy atom. The van der Waals surface area contributed by atoms with E-state index in [1.54, 1.807) is 12.4 Å². The first-order valence-electron chi connectivity index (χ1n) is 6.76. The minimum Gasteiger partial charge on any atom is -0.365 e. The summed E-state index contributed by atoms with van der Waals surface area (Å²) in [5, 5.41) is 6.62. The highest BCUT2D eigenvalue weighted by atomic mass is 15.1. The topological polar surface area (TPSA) is 57.4 Å². The van der Waals surface area contributed by atoms with Gasteiger partial charge in [-0.2, -0.15) is 5.10 Å². The lowest BCUT2D eigenvalue weighted by molar-refractivity contribution is 0.709. The van der Waals surface area contributed by atoms with Gasteiger partial charge < -0.3 is 4.98 Å². The predicted molar refractivity (Wildman–Crippen MR) is 77.9 cm³/mol. The maximum Gasteiger partial charge on any atom is 0.108 e. The third kappa shape index (κ3) is 4.25. The van der Waals surface area contributed by atoms with Crippen LogP contribution in [0.25, 0.3) is 11.0 Å². The van der Waals surface area contributed by atoms with Crippen molar-refractivity contribution in [2.75, 3.05) is 0 Å². The van der Waals surface area contributed by atoms with Crippen molar-refractivity contribution in [3.05, 3.63) is 48.5 Å². The lowest BCUT2D eigenvalue weighted by Crippen LogP contribution is -1.83. The van der Waals surface area contributed by atoms with Crippen LogP contribution in [0.1, 0.15) is 31.9 Å². The van der Waals surface area contributed by atoms with Crippen LogP contribution in [0.4, 0.5) is 0 Å². The Bertz CT molecular complexity index is 538. The summed E-state index contributed by atoms with van der Waals surface area (Å²) >= 11 is 0. The van der Waals surface area contributed by atoms with Gasteiger partial charge in [-0.25, -0.2) is 0 Å². The lowest BCUT2D eigenvalue weighted by Gasteiger charge is -1.94. The van der Waals surface area contributed by atoms with E-state index in [2.05, 4.69) is 39.2 Å². The van der Waals surface area contributed by atoms with Gasteiger partial charge in [0.1, 0.15) is 5.52 Å². The van der Waals surface area contributed by atoms with Crippen LogP contribution < -0.4 is 0 Å². The highest BCUT2D eigenvalue weighted by molar-refractivity contribution is 5.72. The van der Waals surface area contributed by atoms with Crippen LogP contribution in [0.3, 0.4) is 0 Å². The Hall–Kier alpha value is -2.10. The van der Waals surface area contributed by atoms with Gasteiger partial charge in [0.2, 0.25) is 0 Å². The summed E-state index contributed by atoms with van der Waals surface area (Å²) in [5.41, 5.74) is 3.27. The Morgan fingerprint density at radius 2 is 2.11 bits per heavy atom. The Kier molecular flexibility index (Phi) is 5.17.